The van der Waals surface area contributed by atoms with Crippen LogP contribution in [0.15, 0.2) is 12.3 Å². The Morgan fingerprint density at radius 3 is 3.13 bits per heavy atom. The van der Waals surface area contributed by atoms with Gasteiger partial charge in [0.2, 0.25) is 0 Å². The summed E-state index contributed by atoms with van der Waals surface area (Å²) >= 11 is 3.57. The SMILES string of the molecule is CC1CCC(Br)CN1C(=O)c1ccn[nH]1. The van der Waals surface area contributed by atoms with Crippen molar-refractivity contribution >= 4 is 21.8 Å². The lowest BCUT2D eigenvalue weighted by Gasteiger charge is -2.35. The number of likely N-dealkylation sites (tertiary alicyclic amines) is 1. The Hall–Kier alpha value is -0.840. The van der Waals surface area contributed by atoms with E-state index in [-0.39, 0.29) is 5.91 Å². The molecule has 0 aliphatic carbocycles. The minimum Gasteiger partial charge on any atom is -0.334 e. The van der Waals surface area contributed by atoms with Gasteiger partial charge in [-0.25, -0.2) is 0 Å². The number of carbonyl (C=O) groups excluding carboxylic acids is 1. The van der Waals surface area contributed by atoms with Gasteiger partial charge in [-0.05, 0) is 25.8 Å². The molecular formula is C10H14BrN3O. The molecule has 1 N–H and O–H groups in total. The van der Waals surface area contributed by atoms with Crippen molar-refractivity contribution in [2.75, 3.05) is 6.54 Å². The highest BCUT2D eigenvalue weighted by Gasteiger charge is 2.28. The van der Waals surface area contributed by atoms with Crippen molar-refractivity contribution in [2.45, 2.75) is 30.6 Å². The van der Waals surface area contributed by atoms with Gasteiger partial charge >= 0.3 is 0 Å². The van der Waals surface area contributed by atoms with Gasteiger partial charge in [-0.1, -0.05) is 15.9 Å². The predicted octanol–water partition coefficient (Wildman–Crippen LogP) is 1.80. The number of carbonyl (C=O) groups is 1. The summed E-state index contributed by atoms with van der Waals surface area (Å²) in [5.74, 6) is 0.0455. The van der Waals surface area contributed by atoms with E-state index in [0.717, 1.165) is 19.4 Å². The maximum absolute atomic E-state index is 12.1. The fourth-order valence-corrected chi connectivity index (χ4v) is 2.45. The molecule has 0 spiro atoms. The second kappa shape index (κ2) is 4.35. The van der Waals surface area contributed by atoms with E-state index in [2.05, 4.69) is 33.1 Å². The monoisotopic (exact) mass is 271 g/mol. The second-order valence-electron chi connectivity index (χ2n) is 3.95. The molecule has 2 atom stereocenters. The number of amides is 1. The van der Waals surface area contributed by atoms with Gasteiger partial charge in [-0.15, -0.1) is 0 Å². The van der Waals surface area contributed by atoms with Gasteiger partial charge in [0.05, 0.1) is 0 Å². The zero-order valence-electron chi connectivity index (χ0n) is 8.61. The summed E-state index contributed by atoms with van der Waals surface area (Å²) in [7, 11) is 0. The average Bonchev–Trinajstić information content (AvgIpc) is 2.74. The molecule has 1 amide bonds. The highest BCUT2D eigenvalue weighted by atomic mass is 79.9. The first-order valence-electron chi connectivity index (χ1n) is 5.13. The summed E-state index contributed by atoms with van der Waals surface area (Å²) < 4.78 is 0. The largest absolute Gasteiger partial charge is 0.334 e. The minimum absolute atomic E-state index is 0.0455. The highest BCUT2D eigenvalue weighted by molar-refractivity contribution is 9.09. The summed E-state index contributed by atoms with van der Waals surface area (Å²) in [6.07, 6.45) is 3.79. The number of H-pyrrole nitrogens is 1. The van der Waals surface area contributed by atoms with Crippen LogP contribution in [0.5, 0.6) is 0 Å². The van der Waals surface area contributed by atoms with Crippen LogP contribution in [-0.4, -0.2) is 38.4 Å². The molecule has 5 heteroatoms. The lowest BCUT2D eigenvalue weighted by Crippen LogP contribution is -2.46. The lowest BCUT2D eigenvalue weighted by atomic mass is 10.0. The lowest BCUT2D eigenvalue weighted by molar-refractivity contribution is 0.0638. The molecule has 2 rings (SSSR count). The number of aromatic nitrogens is 2. The number of nitrogens with zero attached hydrogens (tertiary/aromatic N) is 2. The zero-order valence-corrected chi connectivity index (χ0v) is 10.2. The number of rotatable bonds is 1. The molecule has 0 aromatic carbocycles. The van der Waals surface area contributed by atoms with Crippen LogP contribution in [0.3, 0.4) is 0 Å². The smallest absolute Gasteiger partial charge is 0.272 e. The number of alkyl halides is 1. The molecule has 82 valence electrons. The van der Waals surface area contributed by atoms with Gasteiger partial charge in [0, 0.05) is 23.6 Å². The van der Waals surface area contributed by atoms with Crippen LogP contribution in [0.4, 0.5) is 0 Å². The Morgan fingerprint density at radius 2 is 2.47 bits per heavy atom. The molecule has 2 heterocycles. The normalized spacial score (nSPS) is 26.7. The molecule has 0 saturated carbocycles. The predicted molar refractivity (Wildman–Crippen MR) is 61.0 cm³/mol. The van der Waals surface area contributed by atoms with Crippen LogP contribution >= 0.6 is 15.9 Å². The van der Waals surface area contributed by atoms with E-state index in [9.17, 15) is 4.79 Å². The summed E-state index contributed by atoms with van der Waals surface area (Å²) in [5, 5.41) is 6.51. The quantitative estimate of drug-likeness (QED) is 0.792. The molecule has 2 unspecified atom stereocenters. The van der Waals surface area contributed by atoms with Crippen molar-refractivity contribution < 1.29 is 4.79 Å². The standard InChI is InChI=1S/C10H14BrN3O/c1-7-2-3-8(11)6-14(7)10(15)9-4-5-12-13-9/h4-5,7-8H,2-3,6H2,1H3,(H,12,13). The van der Waals surface area contributed by atoms with Gasteiger partial charge < -0.3 is 4.90 Å². The molecule has 1 aliphatic rings. The number of hydrogen-bond donors (Lipinski definition) is 1. The van der Waals surface area contributed by atoms with E-state index in [1.165, 1.54) is 0 Å². The Kier molecular flexibility index (Phi) is 3.09. The Bertz CT molecular complexity index is 338. The molecule has 15 heavy (non-hydrogen) atoms. The molecule has 1 fully saturated rings. The number of hydrogen-bond acceptors (Lipinski definition) is 2. The summed E-state index contributed by atoms with van der Waals surface area (Å²) in [6.45, 7) is 2.87. The molecule has 0 radical (unpaired) electrons. The van der Waals surface area contributed by atoms with Gasteiger partial charge in [0.25, 0.3) is 5.91 Å². The first-order chi connectivity index (χ1) is 7.18. The van der Waals surface area contributed by atoms with Crippen molar-refractivity contribution in [1.82, 2.24) is 15.1 Å². The van der Waals surface area contributed by atoms with Gasteiger partial charge in [0.15, 0.2) is 0 Å². The fraction of sp³-hybridized carbons (Fsp3) is 0.600. The average molecular weight is 272 g/mol. The van der Waals surface area contributed by atoms with Crippen molar-refractivity contribution in [3.05, 3.63) is 18.0 Å². The number of halogens is 1. The maximum atomic E-state index is 12.1. The van der Waals surface area contributed by atoms with Crippen LogP contribution in [0.2, 0.25) is 0 Å². The van der Waals surface area contributed by atoms with Gasteiger partial charge in [-0.2, -0.15) is 5.10 Å². The van der Waals surface area contributed by atoms with E-state index in [0.29, 0.717) is 16.6 Å². The van der Waals surface area contributed by atoms with E-state index in [1.54, 1.807) is 12.3 Å². The first-order valence-corrected chi connectivity index (χ1v) is 6.04. The van der Waals surface area contributed by atoms with E-state index in [4.69, 9.17) is 0 Å². The Morgan fingerprint density at radius 1 is 1.67 bits per heavy atom. The molecule has 1 aromatic rings. The molecule has 4 nitrogen and oxygen atoms in total. The topological polar surface area (TPSA) is 49.0 Å². The minimum atomic E-state index is 0.0455. The third kappa shape index (κ3) is 2.22. The van der Waals surface area contributed by atoms with Crippen LogP contribution < -0.4 is 0 Å². The van der Waals surface area contributed by atoms with Crippen molar-refractivity contribution in [3.63, 3.8) is 0 Å². The van der Waals surface area contributed by atoms with Crippen LogP contribution in [0.25, 0.3) is 0 Å². The molecule has 1 saturated heterocycles. The number of aromatic amines is 1. The summed E-state index contributed by atoms with van der Waals surface area (Å²) in [4.78, 5) is 14.4. The summed E-state index contributed by atoms with van der Waals surface area (Å²) in [6, 6.07) is 2.03. The molecule has 0 bridgehead atoms. The molecule has 1 aromatic heterocycles. The van der Waals surface area contributed by atoms with Crippen molar-refractivity contribution in [1.29, 1.82) is 0 Å². The van der Waals surface area contributed by atoms with Gasteiger partial charge in [-0.3, -0.25) is 9.89 Å². The van der Waals surface area contributed by atoms with Crippen molar-refractivity contribution in [3.8, 4) is 0 Å². The van der Waals surface area contributed by atoms with E-state index in [1.807, 2.05) is 4.90 Å². The highest BCUT2D eigenvalue weighted by Crippen LogP contribution is 2.23. The third-order valence-electron chi connectivity index (χ3n) is 2.82. The zero-order chi connectivity index (χ0) is 10.8. The third-order valence-corrected chi connectivity index (χ3v) is 3.56. The maximum Gasteiger partial charge on any atom is 0.272 e. The number of piperidine rings is 1. The molecule has 1 aliphatic heterocycles. The van der Waals surface area contributed by atoms with Crippen molar-refractivity contribution in [2.24, 2.45) is 0 Å². The Labute approximate surface area is 97.2 Å². The van der Waals surface area contributed by atoms with E-state index < -0.39 is 0 Å². The summed E-state index contributed by atoms with van der Waals surface area (Å²) in [5.41, 5.74) is 0.573. The van der Waals surface area contributed by atoms with Crippen LogP contribution in [0.1, 0.15) is 30.3 Å². The van der Waals surface area contributed by atoms with Crippen LogP contribution in [0, 0.1) is 0 Å². The van der Waals surface area contributed by atoms with E-state index >= 15 is 0 Å². The Balaban J connectivity index is 2.12. The number of nitrogens with one attached hydrogen (secondary N) is 1. The van der Waals surface area contributed by atoms with Gasteiger partial charge in [0.1, 0.15) is 5.69 Å². The molecular weight excluding hydrogens is 258 g/mol. The van der Waals surface area contributed by atoms with Crippen LogP contribution in [-0.2, 0) is 0 Å². The fourth-order valence-electron chi connectivity index (χ4n) is 1.88. The first kappa shape index (κ1) is 10.7. The second-order valence-corrected chi connectivity index (χ2v) is 5.25.